The molecule has 108 valence electrons. The minimum atomic E-state index is -0.968. The molecule has 1 saturated heterocycles. The summed E-state index contributed by atoms with van der Waals surface area (Å²) in [6.07, 6.45) is 2.96. The van der Waals surface area contributed by atoms with Crippen molar-refractivity contribution in [1.82, 2.24) is 10.2 Å². The van der Waals surface area contributed by atoms with Crippen molar-refractivity contribution in [1.29, 1.82) is 0 Å². The molecule has 1 unspecified atom stereocenters. The second-order valence-corrected chi connectivity index (χ2v) is 5.52. The average Bonchev–Trinajstić information content (AvgIpc) is 3.07. The molecular formula is C13H22N2O4. The third-order valence-electron chi connectivity index (χ3n) is 4.29. The van der Waals surface area contributed by atoms with E-state index in [2.05, 4.69) is 5.32 Å². The van der Waals surface area contributed by atoms with Gasteiger partial charge in [0.2, 0.25) is 5.91 Å². The fourth-order valence-electron chi connectivity index (χ4n) is 3.03. The van der Waals surface area contributed by atoms with Gasteiger partial charge in [0.1, 0.15) is 6.54 Å². The summed E-state index contributed by atoms with van der Waals surface area (Å²) in [5.74, 6) is -0.961. The van der Waals surface area contributed by atoms with Gasteiger partial charge < -0.3 is 20.1 Å². The zero-order valence-corrected chi connectivity index (χ0v) is 11.4. The molecule has 2 fully saturated rings. The van der Waals surface area contributed by atoms with Gasteiger partial charge in [0.15, 0.2) is 0 Å². The Hall–Kier alpha value is -1.14. The summed E-state index contributed by atoms with van der Waals surface area (Å²) in [4.78, 5) is 24.7. The van der Waals surface area contributed by atoms with E-state index >= 15 is 0 Å². The Morgan fingerprint density at radius 3 is 2.68 bits per heavy atom. The second kappa shape index (κ2) is 5.88. The van der Waals surface area contributed by atoms with E-state index in [9.17, 15) is 9.59 Å². The quantitative estimate of drug-likeness (QED) is 0.706. The number of rotatable bonds is 6. The molecule has 0 aromatic rings. The number of hydrogen-bond donors (Lipinski definition) is 2. The lowest BCUT2D eigenvalue weighted by atomic mass is 9.91. The summed E-state index contributed by atoms with van der Waals surface area (Å²) in [6, 6.07) is 0. The fraction of sp³-hybridized carbons (Fsp3) is 0.846. The highest BCUT2D eigenvalue weighted by Gasteiger charge is 2.58. The van der Waals surface area contributed by atoms with Crippen LogP contribution in [0.3, 0.4) is 0 Å². The first-order valence-corrected chi connectivity index (χ1v) is 6.79. The van der Waals surface area contributed by atoms with Gasteiger partial charge in [-0.15, -0.1) is 0 Å². The molecule has 1 atom stereocenters. The SMILES string of the molecule is COCCN(CC(=O)O)C(=O)C1CC12CCNCC2. The van der Waals surface area contributed by atoms with Crippen LogP contribution in [-0.2, 0) is 14.3 Å². The molecule has 0 aromatic heterocycles. The van der Waals surface area contributed by atoms with Crippen LogP contribution < -0.4 is 5.32 Å². The van der Waals surface area contributed by atoms with Crippen LogP contribution in [0.4, 0.5) is 0 Å². The van der Waals surface area contributed by atoms with Crippen molar-refractivity contribution in [2.45, 2.75) is 19.3 Å². The number of piperidine rings is 1. The standard InChI is InChI=1S/C13H22N2O4/c1-19-7-6-15(9-11(16)17)12(18)10-8-13(10)2-4-14-5-3-13/h10,14H,2-9H2,1H3,(H,16,17). The Bertz CT molecular complexity index is 353. The normalized spacial score (nSPS) is 24.2. The summed E-state index contributed by atoms with van der Waals surface area (Å²) in [7, 11) is 1.55. The predicted octanol–water partition coefficient (Wildman–Crippen LogP) is -0.0643. The van der Waals surface area contributed by atoms with E-state index in [1.54, 1.807) is 7.11 Å². The van der Waals surface area contributed by atoms with Crippen LogP contribution >= 0.6 is 0 Å². The summed E-state index contributed by atoms with van der Waals surface area (Å²) >= 11 is 0. The highest BCUT2D eigenvalue weighted by Crippen LogP contribution is 2.59. The molecule has 1 aliphatic heterocycles. The molecule has 2 rings (SSSR count). The van der Waals surface area contributed by atoms with E-state index in [1.165, 1.54) is 4.90 Å². The first-order chi connectivity index (χ1) is 9.09. The Balaban J connectivity index is 1.93. The Labute approximate surface area is 113 Å². The number of ether oxygens (including phenoxy) is 1. The van der Waals surface area contributed by atoms with Crippen LogP contribution in [0.15, 0.2) is 0 Å². The van der Waals surface area contributed by atoms with E-state index in [-0.39, 0.29) is 23.8 Å². The van der Waals surface area contributed by atoms with Gasteiger partial charge in [-0.1, -0.05) is 0 Å². The Morgan fingerprint density at radius 1 is 1.42 bits per heavy atom. The number of nitrogens with one attached hydrogen (secondary N) is 1. The molecule has 2 N–H and O–H groups in total. The lowest BCUT2D eigenvalue weighted by Crippen LogP contribution is -2.41. The molecule has 19 heavy (non-hydrogen) atoms. The number of hydrogen-bond acceptors (Lipinski definition) is 4. The summed E-state index contributed by atoms with van der Waals surface area (Å²) in [5, 5.41) is 12.2. The highest BCUT2D eigenvalue weighted by molar-refractivity contribution is 5.86. The molecule has 1 aliphatic carbocycles. The maximum absolute atomic E-state index is 12.4. The lowest BCUT2D eigenvalue weighted by molar-refractivity contribution is -0.145. The number of carboxylic acid groups (broad SMARTS) is 1. The number of aliphatic carboxylic acids is 1. The molecule has 1 saturated carbocycles. The number of amides is 1. The van der Waals surface area contributed by atoms with Gasteiger partial charge in [-0.25, -0.2) is 0 Å². The topological polar surface area (TPSA) is 78.9 Å². The fourth-order valence-corrected chi connectivity index (χ4v) is 3.03. The number of carbonyl (C=O) groups excluding carboxylic acids is 1. The minimum absolute atomic E-state index is 0.0126. The summed E-state index contributed by atoms with van der Waals surface area (Å²) in [5.41, 5.74) is 0.145. The molecule has 1 amide bonds. The van der Waals surface area contributed by atoms with Gasteiger partial charge in [0, 0.05) is 19.6 Å². The maximum atomic E-state index is 12.4. The van der Waals surface area contributed by atoms with Gasteiger partial charge >= 0.3 is 5.97 Å². The monoisotopic (exact) mass is 270 g/mol. The van der Waals surface area contributed by atoms with Crippen LogP contribution in [0.2, 0.25) is 0 Å². The zero-order chi connectivity index (χ0) is 13.9. The summed E-state index contributed by atoms with van der Waals surface area (Å²) in [6.45, 7) is 2.42. The van der Waals surface area contributed by atoms with E-state index in [1.807, 2.05) is 0 Å². The molecule has 6 nitrogen and oxygen atoms in total. The van der Waals surface area contributed by atoms with Crippen LogP contribution in [-0.4, -0.2) is 61.8 Å². The molecule has 0 bridgehead atoms. The van der Waals surface area contributed by atoms with Crippen LogP contribution in [0, 0.1) is 11.3 Å². The van der Waals surface area contributed by atoms with Crippen molar-refractivity contribution in [2.75, 3.05) is 39.9 Å². The third kappa shape index (κ3) is 3.25. The van der Waals surface area contributed by atoms with E-state index < -0.39 is 5.97 Å². The van der Waals surface area contributed by atoms with E-state index in [0.717, 1.165) is 32.4 Å². The van der Waals surface area contributed by atoms with E-state index in [0.29, 0.717) is 13.2 Å². The summed E-state index contributed by atoms with van der Waals surface area (Å²) < 4.78 is 4.94. The maximum Gasteiger partial charge on any atom is 0.323 e. The van der Waals surface area contributed by atoms with Crippen molar-refractivity contribution in [2.24, 2.45) is 11.3 Å². The van der Waals surface area contributed by atoms with Crippen molar-refractivity contribution < 1.29 is 19.4 Å². The van der Waals surface area contributed by atoms with Crippen LogP contribution in [0.25, 0.3) is 0 Å². The first kappa shape index (κ1) is 14.3. The Kier molecular flexibility index (Phi) is 4.42. The van der Waals surface area contributed by atoms with Gasteiger partial charge in [0.05, 0.1) is 6.61 Å². The number of nitrogens with zero attached hydrogens (tertiary/aromatic N) is 1. The van der Waals surface area contributed by atoms with Gasteiger partial charge in [0.25, 0.3) is 0 Å². The predicted molar refractivity (Wildman–Crippen MR) is 68.7 cm³/mol. The van der Waals surface area contributed by atoms with Gasteiger partial charge in [-0.3, -0.25) is 9.59 Å². The van der Waals surface area contributed by atoms with Crippen molar-refractivity contribution in [3.63, 3.8) is 0 Å². The zero-order valence-electron chi connectivity index (χ0n) is 11.4. The molecular weight excluding hydrogens is 248 g/mol. The largest absolute Gasteiger partial charge is 0.480 e. The highest BCUT2D eigenvalue weighted by atomic mass is 16.5. The molecule has 0 aromatic carbocycles. The van der Waals surface area contributed by atoms with E-state index in [4.69, 9.17) is 9.84 Å². The van der Waals surface area contributed by atoms with Crippen molar-refractivity contribution >= 4 is 11.9 Å². The lowest BCUT2D eigenvalue weighted by Gasteiger charge is -2.26. The van der Waals surface area contributed by atoms with Crippen molar-refractivity contribution in [3.05, 3.63) is 0 Å². The first-order valence-electron chi connectivity index (χ1n) is 6.79. The van der Waals surface area contributed by atoms with Gasteiger partial charge in [-0.2, -0.15) is 0 Å². The molecule has 1 spiro atoms. The minimum Gasteiger partial charge on any atom is -0.480 e. The van der Waals surface area contributed by atoms with Crippen LogP contribution in [0.5, 0.6) is 0 Å². The number of carboxylic acids is 1. The second-order valence-electron chi connectivity index (χ2n) is 5.52. The van der Waals surface area contributed by atoms with Crippen molar-refractivity contribution in [3.8, 4) is 0 Å². The number of methoxy groups -OCH3 is 1. The smallest absolute Gasteiger partial charge is 0.323 e. The third-order valence-corrected chi connectivity index (χ3v) is 4.29. The van der Waals surface area contributed by atoms with Gasteiger partial charge in [-0.05, 0) is 37.8 Å². The van der Waals surface area contributed by atoms with Crippen LogP contribution in [0.1, 0.15) is 19.3 Å². The number of carbonyl (C=O) groups is 2. The molecule has 6 heteroatoms. The molecule has 2 aliphatic rings. The molecule has 0 radical (unpaired) electrons. The average molecular weight is 270 g/mol. The Morgan fingerprint density at radius 2 is 2.11 bits per heavy atom. The molecule has 1 heterocycles.